The number of carbonyl (C=O) groups excluding carboxylic acids is 1. The number of benzene rings is 1. The topological polar surface area (TPSA) is 22.0 Å². The van der Waals surface area contributed by atoms with Crippen LogP contribution in [0.4, 0.5) is 0 Å². The van der Waals surface area contributed by atoms with Crippen LogP contribution in [0, 0.1) is 5.92 Å². The third-order valence-corrected chi connectivity index (χ3v) is 4.07. The summed E-state index contributed by atoms with van der Waals surface area (Å²) in [5, 5.41) is 1.12. The molecule has 0 bridgehead atoms. The van der Waals surface area contributed by atoms with E-state index in [2.05, 4.69) is 43.5 Å². The van der Waals surface area contributed by atoms with Gasteiger partial charge >= 0.3 is 0 Å². The van der Waals surface area contributed by atoms with Gasteiger partial charge in [-0.1, -0.05) is 26.8 Å². The highest BCUT2D eigenvalue weighted by Crippen LogP contribution is 2.36. The maximum Gasteiger partial charge on any atom is 0.168 e. The lowest BCUT2D eigenvalue weighted by Crippen LogP contribution is -2.10. The van der Waals surface area contributed by atoms with E-state index in [9.17, 15) is 4.79 Å². The first kappa shape index (κ1) is 12.5. The van der Waals surface area contributed by atoms with Gasteiger partial charge in [-0.15, -0.1) is 0 Å². The predicted octanol–water partition coefficient (Wildman–Crippen LogP) is 4.07. The minimum atomic E-state index is 0.115. The van der Waals surface area contributed by atoms with Crippen molar-refractivity contribution in [3.8, 4) is 0 Å². The first-order valence-corrected chi connectivity index (χ1v) is 7.02. The molecule has 2 aromatic rings. The SMILES string of the molecule is Cn1cc(C(=O)C2CC2)c2cc(C(C)(C)C)ccc21. The van der Waals surface area contributed by atoms with Crippen LogP contribution in [-0.4, -0.2) is 10.4 Å². The molecule has 0 saturated heterocycles. The lowest BCUT2D eigenvalue weighted by atomic mass is 9.86. The van der Waals surface area contributed by atoms with Crippen LogP contribution in [0.1, 0.15) is 49.5 Å². The molecule has 0 unspecified atom stereocenters. The lowest BCUT2D eigenvalue weighted by Gasteiger charge is -2.19. The Morgan fingerprint density at radius 3 is 2.53 bits per heavy atom. The molecule has 1 aromatic carbocycles. The fourth-order valence-corrected chi connectivity index (χ4v) is 2.62. The Hall–Kier alpha value is -1.57. The van der Waals surface area contributed by atoms with Crippen LogP contribution in [0.3, 0.4) is 0 Å². The van der Waals surface area contributed by atoms with Gasteiger partial charge in [0.2, 0.25) is 0 Å². The van der Waals surface area contributed by atoms with Crippen molar-refractivity contribution in [1.29, 1.82) is 0 Å². The van der Waals surface area contributed by atoms with E-state index < -0.39 is 0 Å². The van der Waals surface area contributed by atoms with Crippen LogP contribution in [0.5, 0.6) is 0 Å². The number of aromatic nitrogens is 1. The molecule has 1 saturated carbocycles. The third kappa shape index (κ3) is 2.09. The number of nitrogens with zero attached hydrogens (tertiary/aromatic N) is 1. The zero-order chi connectivity index (χ0) is 13.8. The van der Waals surface area contributed by atoms with Crippen LogP contribution >= 0.6 is 0 Å². The van der Waals surface area contributed by atoms with Gasteiger partial charge in [0.15, 0.2) is 5.78 Å². The third-order valence-electron chi connectivity index (χ3n) is 4.07. The fourth-order valence-electron chi connectivity index (χ4n) is 2.62. The molecule has 0 amide bonds. The van der Waals surface area contributed by atoms with Crippen molar-refractivity contribution in [2.75, 3.05) is 0 Å². The highest BCUT2D eigenvalue weighted by Gasteiger charge is 2.32. The summed E-state index contributed by atoms with van der Waals surface area (Å²) >= 11 is 0. The second-order valence-corrected chi connectivity index (χ2v) is 6.77. The number of ketones is 1. The molecule has 1 aliphatic carbocycles. The minimum Gasteiger partial charge on any atom is -0.350 e. The molecule has 1 heterocycles. The number of hydrogen-bond donors (Lipinski definition) is 0. The van der Waals surface area contributed by atoms with Gasteiger partial charge in [0.1, 0.15) is 0 Å². The van der Waals surface area contributed by atoms with Crippen LogP contribution in [0.25, 0.3) is 10.9 Å². The summed E-state index contributed by atoms with van der Waals surface area (Å²) < 4.78 is 2.07. The maximum absolute atomic E-state index is 12.4. The smallest absolute Gasteiger partial charge is 0.168 e. The van der Waals surface area contributed by atoms with Crippen molar-refractivity contribution in [2.45, 2.75) is 39.0 Å². The zero-order valence-electron chi connectivity index (χ0n) is 12.2. The van der Waals surface area contributed by atoms with Crippen LogP contribution in [-0.2, 0) is 12.5 Å². The van der Waals surface area contributed by atoms with E-state index in [0.29, 0.717) is 5.78 Å². The Kier molecular flexibility index (Phi) is 2.60. The quantitative estimate of drug-likeness (QED) is 0.741. The van der Waals surface area contributed by atoms with E-state index >= 15 is 0 Å². The molecule has 0 N–H and O–H groups in total. The van der Waals surface area contributed by atoms with Gasteiger partial charge in [0, 0.05) is 35.6 Å². The van der Waals surface area contributed by atoms with Gasteiger partial charge in [-0.25, -0.2) is 0 Å². The van der Waals surface area contributed by atoms with E-state index in [1.165, 1.54) is 5.56 Å². The summed E-state index contributed by atoms with van der Waals surface area (Å²) in [6.45, 7) is 6.62. The van der Waals surface area contributed by atoms with E-state index in [1.54, 1.807) is 0 Å². The van der Waals surface area contributed by atoms with Crippen LogP contribution in [0.15, 0.2) is 24.4 Å². The number of rotatable bonds is 2. The first-order chi connectivity index (χ1) is 8.88. The highest BCUT2D eigenvalue weighted by atomic mass is 16.1. The number of carbonyl (C=O) groups is 1. The number of hydrogen-bond acceptors (Lipinski definition) is 1. The first-order valence-electron chi connectivity index (χ1n) is 7.02. The van der Waals surface area contributed by atoms with Crippen molar-refractivity contribution in [3.05, 3.63) is 35.5 Å². The standard InChI is InChI=1S/C17H21NO/c1-17(2,3)12-7-8-15-13(9-12)14(10-18(15)4)16(19)11-5-6-11/h7-11H,5-6H2,1-4H3. The molecule has 0 atom stereocenters. The van der Waals surface area contributed by atoms with Crippen molar-refractivity contribution in [1.82, 2.24) is 4.57 Å². The van der Waals surface area contributed by atoms with Gasteiger partial charge in [-0.05, 0) is 36.0 Å². The highest BCUT2D eigenvalue weighted by molar-refractivity contribution is 6.10. The summed E-state index contributed by atoms with van der Waals surface area (Å²) in [5.74, 6) is 0.612. The number of aryl methyl sites for hydroxylation is 1. The molecule has 2 heteroatoms. The molecule has 100 valence electrons. The van der Waals surface area contributed by atoms with Crippen molar-refractivity contribution < 1.29 is 4.79 Å². The van der Waals surface area contributed by atoms with E-state index in [-0.39, 0.29) is 11.3 Å². The molecular formula is C17H21NO. The summed E-state index contributed by atoms with van der Waals surface area (Å²) in [5.41, 5.74) is 3.46. The van der Waals surface area contributed by atoms with E-state index in [0.717, 1.165) is 29.3 Å². The lowest BCUT2D eigenvalue weighted by molar-refractivity contribution is 0.0969. The summed E-state index contributed by atoms with van der Waals surface area (Å²) in [6.07, 6.45) is 4.13. The molecule has 1 fully saturated rings. The second kappa shape index (κ2) is 3.96. The Morgan fingerprint density at radius 2 is 1.95 bits per heavy atom. The van der Waals surface area contributed by atoms with Crippen molar-refractivity contribution >= 4 is 16.7 Å². The Bertz CT molecular complexity index is 654. The summed E-state index contributed by atoms with van der Waals surface area (Å²) in [6, 6.07) is 6.51. The zero-order valence-corrected chi connectivity index (χ0v) is 12.2. The minimum absolute atomic E-state index is 0.115. The molecule has 3 rings (SSSR count). The molecule has 0 spiro atoms. The number of Topliss-reactive ketones (excluding diaryl/α,β-unsaturated/α-hetero) is 1. The summed E-state index contributed by atoms with van der Waals surface area (Å²) in [7, 11) is 2.02. The van der Waals surface area contributed by atoms with Crippen molar-refractivity contribution in [2.24, 2.45) is 13.0 Å². The molecule has 2 nitrogen and oxygen atoms in total. The van der Waals surface area contributed by atoms with E-state index in [1.807, 2.05) is 13.2 Å². The normalized spacial score (nSPS) is 16.0. The van der Waals surface area contributed by atoms with Crippen molar-refractivity contribution in [3.63, 3.8) is 0 Å². The largest absolute Gasteiger partial charge is 0.350 e. The average molecular weight is 255 g/mol. The summed E-state index contributed by atoms with van der Waals surface area (Å²) in [4.78, 5) is 12.4. The molecule has 1 aliphatic rings. The van der Waals surface area contributed by atoms with Gasteiger partial charge < -0.3 is 4.57 Å². The predicted molar refractivity (Wildman–Crippen MR) is 78.7 cm³/mol. The Morgan fingerprint density at radius 1 is 1.26 bits per heavy atom. The Balaban J connectivity index is 2.19. The van der Waals surface area contributed by atoms with Crippen LogP contribution < -0.4 is 0 Å². The molecule has 0 aliphatic heterocycles. The monoisotopic (exact) mass is 255 g/mol. The molecule has 0 radical (unpaired) electrons. The van der Waals surface area contributed by atoms with E-state index in [4.69, 9.17) is 0 Å². The fraction of sp³-hybridized carbons (Fsp3) is 0.471. The molecule has 1 aromatic heterocycles. The molecular weight excluding hydrogens is 234 g/mol. The second-order valence-electron chi connectivity index (χ2n) is 6.77. The van der Waals surface area contributed by atoms with Gasteiger partial charge in [0.05, 0.1) is 0 Å². The van der Waals surface area contributed by atoms with Gasteiger partial charge in [-0.2, -0.15) is 0 Å². The van der Waals surface area contributed by atoms with Gasteiger partial charge in [0.25, 0.3) is 0 Å². The number of fused-ring (bicyclic) bond motifs is 1. The maximum atomic E-state index is 12.4. The average Bonchev–Trinajstić information content (AvgIpc) is 3.13. The Labute approximate surface area is 114 Å². The molecule has 19 heavy (non-hydrogen) atoms. The van der Waals surface area contributed by atoms with Gasteiger partial charge in [-0.3, -0.25) is 4.79 Å². The van der Waals surface area contributed by atoms with Crippen LogP contribution in [0.2, 0.25) is 0 Å².